The Kier molecular flexibility index (Phi) is 6.31. The third kappa shape index (κ3) is 4.51. The van der Waals surface area contributed by atoms with E-state index in [1.54, 1.807) is 12.1 Å². The Labute approximate surface area is 164 Å². The van der Waals surface area contributed by atoms with Gasteiger partial charge in [0, 0.05) is 13.1 Å². The molecule has 6 nitrogen and oxygen atoms in total. The summed E-state index contributed by atoms with van der Waals surface area (Å²) in [4.78, 5) is 12.5. The summed E-state index contributed by atoms with van der Waals surface area (Å²) in [6.07, 6.45) is 2.52. The van der Waals surface area contributed by atoms with Crippen molar-refractivity contribution >= 4 is 21.6 Å². The van der Waals surface area contributed by atoms with E-state index in [2.05, 4.69) is 5.32 Å². The number of rotatable bonds is 6. The number of piperidine rings is 1. The van der Waals surface area contributed by atoms with Crippen LogP contribution in [0.1, 0.15) is 24.8 Å². The van der Waals surface area contributed by atoms with Crippen molar-refractivity contribution in [3.05, 3.63) is 53.8 Å². The summed E-state index contributed by atoms with van der Waals surface area (Å²) < 4.78 is 46.2. The first-order valence-electron chi connectivity index (χ1n) is 9.13. The van der Waals surface area contributed by atoms with Crippen LogP contribution >= 0.6 is 0 Å². The molecular weight excluding hydrogens is 383 g/mol. The zero-order valence-corrected chi connectivity index (χ0v) is 16.5. The Hall–Kier alpha value is -2.45. The Morgan fingerprint density at radius 2 is 1.86 bits per heavy atom. The maximum absolute atomic E-state index is 13.8. The third-order valence-corrected chi connectivity index (χ3v) is 6.60. The molecule has 150 valence electrons. The molecule has 8 heteroatoms. The van der Waals surface area contributed by atoms with Crippen LogP contribution in [0.25, 0.3) is 0 Å². The molecule has 2 aromatic rings. The molecule has 28 heavy (non-hydrogen) atoms. The van der Waals surface area contributed by atoms with E-state index in [1.165, 1.54) is 41.7 Å². The summed E-state index contributed by atoms with van der Waals surface area (Å²) in [5.74, 6) is -0.596. The van der Waals surface area contributed by atoms with Gasteiger partial charge < -0.3 is 10.1 Å². The topological polar surface area (TPSA) is 75.7 Å². The number of sulfonamides is 1. The summed E-state index contributed by atoms with van der Waals surface area (Å²) in [6, 6.07) is 10.4. The minimum Gasteiger partial charge on any atom is -0.495 e. The lowest BCUT2D eigenvalue weighted by molar-refractivity contribution is -0.115. The predicted molar refractivity (Wildman–Crippen MR) is 104 cm³/mol. The molecule has 1 amide bonds. The summed E-state index contributed by atoms with van der Waals surface area (Å²) >= 11 is 0. The lowest BCUT2D eigenvalue weighted by Crippen LogP contribution is -2.35. The molecule has 1 fully saturated rings. The second-order valence-corrected chi connectivity index (χ2v) is 8.58. The summed E-state index contributed by atoms with van der Waals surface area (Å²) in [5, 5.41) is 2.64. The number of amides is 1. The standard InChI is InChI=1S/C20H23FN2O4S/c1-27-19-10-9-16(28(25,26)23-11-5-2-6-12-23)14-18(19)22-20(24)13-15-7-3-4-8-17(15)21/h3-4,7-10,14H,2,5-6,11-13H2,1H3,(H,22,24). The van der Waals surface area contributed by atoms with Crippen LogP contribution < -0.4 is 10.1 Å². The fourth-order valence-corrected chi connectivity index (χ4v) is 4.75. The third-order valence-electron chi connectivity index (χ3n) is 4.71. The van der Waals surface area contributed by atoms with Crippen LogP contribution in [0.2, 0.25) is 0 Å². The molecule has 0 saturated carbocycles. The molecule has 0 unspecified atom stereocenters. The number of hydrogen-bond donors (Lipinski definition) is 1. The smallest absolute Gasteiger partial charge is 0.243 e. The van der Waals surface area contributed by atoms with Gasteiger partial charge in [-0.2, -0.15) is 4.31 Å². The summed E-state index contributed by atoms with van der Waals surface area (Å²) in [7, 11) is -2.21. The highest BCUT2D eigenvalue weighted by Crippen LogP contribution is 2.30. The van der Waals surface area contributed by atoms with Crippen LogP contribution in [0.3, 0.4) is 0 Å². The molecule has 0 spiro atoms. The van der Waals surface area contributed by atoms with Crippen LogP contribution in [0.15, 0.2) is 47.4 Å². The van der Waals surface area contributed by atoms with Crippen molar-refractivity contribution in [2.45, 2.75) is 30.6 Å². The molecule has 0 bridgehead atoms. The number of carbonyl (C=O) groups excluding carboxylic acids is 1. The van der Waals surface area contributed by atoms with Gasteiger partial charge in [-0.3, -0.25) is 4.79 Å². The Balaban J connectivity index is 1.83. The van der Waals surface area contributed by atoms with Crippen LogP contribution in [0, 0.1) is 5.82 Å². The van der Waals surface area contributed by atoms with E-state index in [0.717, 1.165) is 19.3 Å². The van der Waals surface area contributed by atoms with Gasteiger partial charge in [0.2, 0.25) is 15.9 Å². The van der Waals surface area contributed by atoms with E-state index in [1.807, 2.05) is 0 Å². The molecule has 0 radical (unpaired) electrons. The van der Waals surface area contributed by atoms with Crippen molar-refractivity contribution in [1.82, 2.24) is 4.31 Å². The van der Waals surface area contributed by atoms with Gasteiger partial charge in [-0.1, -0.05) is 24.6 Å². The van der Waals surface area contributed by atoms with E-state index in [0.29, 0.717) is 18.8 Å². The van der Waals surface area contributed by atoms with E-state index >= 15 is 0 Å². The number of ether oxygens (including phenoxy) is 1. The zero-order valence-electron chi connectivity index (χ0n) is 15.7. The number of benzene rings is 2. The monoisotopic (exact) mass is 406 g/mol. The Bertz CT molecular complexity index is 956. The number of nitrogens with zero attached hydrogens (tertiary/aromatic N) is 1. The van der Waals surface area contributed by atoms with Crippen LogP contribution in [0.4, 0.5) is 10.1 Å². The van der Waals surface area contributed by atoms with Gasteiger partial charge in [0.05, 0.1) is 24.1 Å². The first-order chi connectivity index (χ1) is 13.4. The lowest BCUT2D eigenvalue weighted by atomic mass is 10.1. The largest absolute Gasteiger partial charge is 0.495 e. The van der Waals surface area contributed by atoms with Crippen LogP contribution in [-0.4, -0.2) is 38.8 Å². The van der Waals surface area contributed by atoms with Gasteiger partial charge in [0.25, 0.3) is 0 Å². The second kappa shape index (κ2) is 8.70. The van der Waals surface area contributed by atoms with Gasteiger partial charge in [0.1, 0.15) is 11.6 Å². The number of methoxy groups -OCH3 is 1. The van der Waals surface area contributed by atoms with Gasteiger partial charge in [0.15, 0.2) is 0 Å². The molecule has 2 aromatic carbocycles. The molecular formula is C20H23FN2O4S. The van der Waals surface area contributed by atoms with E-state index in [-0.39, 0.29) is 22.6 Å². The second-order valence-electron chi connectivity index (χ2n) is 6.64. The minimum absolute atomic E-state index is 0.0939. The molecule has 1 heterocycles. The SMILES string of the molecule is COc1ccc(S(=O)(=O)N2CCCCC2)cc1NC(=O)Cc1ccccc1F. The van der Waals surface area contributed by atoms with Crippen molar-refractivity contribution in [3.63, 3.8) is 0 Å². The average Bonchev–Trinajstić information content (AvgIpc) is 2.70. The van der Waals surface area contributed by atoms with Crippen molar-refractivity contribution in [3.8, 4) is 5.75 Å². The molecule has 1 aliphatic rings. The van der Waals surface area contributed by atoms with Crippen molar-refractivity contribution < 1.29 is 22.3 Å². The highest BCUT2D eigenvalue weighted by atomic mass is 32.2. The van der Waals surface area contributed by atoms with Crippen molar-refractivity contribution in [1.29, 1.82) is 0 Å². The van der Waals surface area contributed by atoms with E-state index in [4.69, 9.17) is 4.74 Å². The molecule has 1 N–H and O–H groups in total. The Morgan fingerprint density at radius 1 is 1.14 bits per heavy atom. The van der Waals surface area contributed by atoms with Gasteiger partial charge in [-0.25, -0.2) is 12.8 Å². The lowest BCUT2D eigenvalue weighted by Gasteiger charge is -2.26. The number of carbonyl (C=O) groups is 1. The molecule has 3 rings (SSSR count). The quantitative estimate of drug-likeness (QED) is 0.799. The van der Waals surface area contributed by atoms with Crippen molar-refractivity contribution in [2.75, 3.05) is 25.5 Å². The highest BCUT2D eigenvalue weighted by Gasteiger charge is 2.27. The number of halogens is 1. The van der Waals surface area contributed by atoms with Gasteiger partial charge in [-0.15, -0.1) is 0 Å². The number of hydrogen-bond acceptors (Lipinski definition) is 4. The van der Waals surface area contributed by atoms with Gasteiger partial charge >= 0.3 is 0 Å². The maximum atomic E-state index is 13.8. The first kappa shape index (κ1) is 20.3. The molecule has 0 aliphatic carbocycles. The fraction of sp³-hybridized carbons (Fsp3) is 0.350. The Morgan fingerprint density at radius 3 is 2.54 bits per heavy atom. The summed E-state index contributed by atoms with van der Waals surface area (Å²) in [5.41, 5.74) is 0.498. The number of nitrogens with one attached hydrogen (secondary N) is 1. The molecule has 0 aromatic heterocycles. The molecule has 1 aliphatic heterocycles. The zero-order chi connectivity index (χ0) is 20.1. The van der Waals surface area contributed by atoms with E-state index < -0.39 is 21.7 Å². The van der Waals surface area contributed by atoms with E-state index in [9.17, 15) is 17.6 Å². The highest BCUT2D eigenvalue weighted by molar-refractivity contribution is 7.89. The predicted octanol–water partition coefficient (Wildman–Crippen LogP) is 3.19. The minimum atomic E-state index is -3.64. The first-order valence-corrected chi connectivity index (χ1v) is 10.6. The average molecular weight is 406 g/mol. The van der Waals surface area contributed by atoms with Crippen molar-refractivity contribution in [2.24, 2.45) is 0 Å². The van der Waals surface area contributed by atoms with Crippen LogP contribution in [-0.2, 0) is 21.2 Å². The van der Waals surface area contributed by atoms with Gasteiger partial charge in [-0.05, 0) is 42.7 Å². The normalized spacial score (nSPS) is 15.2. The van der Waals surface area contributed by atoms with Crippen LogP contribution in [0.5, 0.6) is 5.75 Å². The fourth-order valence-electron chi connectivity index (χ4n) is 3.21. The molecule has 0 atom stereocenters. The maximum Gasteiger partial charge on any atom is 0.243 e. The molecule has 1 saturated heterocycles. The number of anilines is 1. The summed E-state index contributed by atoms with van der Waals surface area (Å²) in [6.45, 7) is 0.979.